The van der Waals surface area contributed by atoms with Crippen LogP contribution in [0.5, 0.6) is 0 Å². The second kappa shape index (κ2) is 6.95. The molecule has 0 aliphatic carbocycles. The number of halogens is 1. The zero-order valence-electron chi connectivity index (χ0n) is 13.7. The van der Waals surface area contributed by atoms with E-state index in [9.17, 15) is 4.79 Å². The van der Waals surface area contributed by atoms with Gasteiger partial charge in [-0.25, -0.2) is 0 Å². The fourth-order valence-electron chi connectivity index (χ4n) is 2.73. The van der Waals surface area contributed by atoms with E-state index in [1.165, 1.54) is 5.56 Å². The van der Waals surface area contributed by atoms with Gasteiger partial charge in [-0.3, -0.25) is 4.79 Å². The predicted molar refractivity (Wildman–Crippen MR) is 105 cm³/mol. The van der Waals surface area contributed by atoms with Crippen LogP contribution < -0.4 is 5.32 Å². The summed E-state index contributed by atoms with van der Waals surface area (Å²) in [7, 11) is 0. The SMILES string of the molecule is C=C(C)Cn1c(C(=O)NCc2cccc(C)c2)cc2sc(Br)cc21. The summed E-state index contributed by atoms with van der Waals surface area (Å²) in [6.45, 7) is 9.17. The average Bonchev–Trinajstić information content (AvgIpc) is 3.02. The average molecular weight is 403 g/mol. The Morgan fingerprint density at radius 2 is 2.12 bits per heavy atom. The first-order valence-corrected chi connectivity index (χ1v) is 9.31. The minimum atomic E-state index is -0.0581. The lowest BCUT2D eigenvalue weighted by atomic mass is 10.1. The van der Waals surface area contributed by atoms with Crippen LogP contribution in [0.25, 0.3) is 10.2 Å². The number of hydrogen-bond acceptors (Lipinski definition) is 2. The summed E-state index contributed by atoms with van der Waals surface area (Å²) in [5.41, 5.74) is 5.06. The number of carbonyl (C=O) groups is 1. The fourth-order valence-corrected chi connectivity index (χ4v) is 4.30. The molecule has 1 aromatic carbocycles. The third-order valence-electron chi connectivity index (χ3n) is 3.76. The van der Waals surface area contributed by atoms with Gasteiger partial charge < -0.3 is 9.88 Å². The van der Waals surface area contributed by atoms with E-state index in [0.717, 1.165) is 25.1 Å². The van der Waals surface area contributed by atoms with E-state index in [2.05, 4.69) is 52.9 Å². The molecule has 1 amide bonds. The highest BCUT2D eigenvalue weighted by Gasteiger charge is 2.17. The van der Waals surface area contributed by atoms with Crippen molar-refractivity contribution in [1.29, 1.82) is 0 Å². The van der Waals surface area contributed by atoms with Crippen LogP contribution in [0.2, 0.25) is 0 Å². The van der Waals surface area contributed by atoms with Crippen molar-refractivity contribution in [3.05, 3.63) is 69.2 Å². The maximum atomic E-state index is 12.7. The molecule has 5 heteroatoms. The van der Waals surface area contributed by atoms with Gasteiger partial charge in [-0.2, -0.15) is 0 Å². The minimum Gasteiger partial charge on any atom is -0.347 e. The highest BCUT2D eigenvalue weighted by atomic mass is 79.9. The number of amides is 1. The van der Waals surface area contributed by atoms with Gasteiger partial charge in [-0.15, -0.1) is 11.3 Å². The Kier molecular flexibility index (Phi) is 4.92. The molecule has 0 aliphatic heterocycles. The summed E-state index contributed by atoms with van der Waals surface area (Å²) >= 11 is 5.15. The van der Waals surface area contributed by atoms with E-state index in [1.807, 2.05) is 29.7 Å². The molecule has 0 radical (unpaired) electrons. The molecule has 3 aromatic rings. The van der Waals surface area contributed by atoms with Crippen LogP contribution >= 0.6 is 27.3 Å². The predicted octanol–water partition coefficient (Wildman–Crippen LogP) is 5.28. The molecule has 3 nitrogen and oxygen atoms in total. The number of thiophene rings is 1. The molecular formula is C19H19BrN2OS. The lowest BCUT2D eigenvalue weighted by molar-refractivity contribution is 0.0942. The first-order chi connectivity index (χ1) is 11.4. The van der Waals surface area contributed by atoms with E-state index in [4.69, 9.17) is 0 Å². The molecule has 2 aromatic heterocycles. The van der Waals surface area contributed by atoms with Crippen molar-refractivity contribution in [3.63, 3.8) is 0 Å². The number of fused-ring (bicyclic) bond motifs is 1. The lowest BCUT2D eigenvalue weighted by Gasteiger charge is -2.11. The standard InChI is InChI=1S/C19H19BrN2OS/c1-12(2)11-22-15-9-18(20)24-17(15)8-16(22)19(23)21-10-14-6-4-5-13(3)7-14/h4-9H,1,10-11H2,2-3H3,(H,21,23). The van der Waals surface area contributed by atoms with E-state index in [1.54, 1.807) is 11.3 Å². The second-order valence-corrected chi connectivity index (χ2v) is 8.51. The second-order valence-electron chi connectivity index (χ2n) is 6.04. The molecule has 0 spiro atoms. The Balaban J connectivity index is 1.85. The Morgan fingerprint density at radius 3 is 2.83 bits per heavy atom. The summed E-state index contributed by atoms with van der Waals surface area (Å²) in [6, 6.07) is 12.2. The van der Waals surface area contributed by atoms with Crippen molar-refractivity contribution in [1.82, 2.24) is 9.88 Å². The van der Waals surface area contributed by atoms with Gasteiger partial charge in [0.1, 0.15) is 5.69 Å². The number of benzene rings is 1. The number of nitrogens with one attached hydrogen (secondary N) is 1. The van der Waals surface area contributed by atoms with Gasteiger partial charge in [-0.05, 0) is 47.5 Å². The number of aromatic nitrogens is 1. The van der Waals surface area contributed by atoms with Crippen LogP contribution in [0.15, 0.2) is 52.3 Å². The van der Waals surface area contributed by atoms with Gasteiger partial charge in [0.05, 0.1) is 14.0 Å². The van der Waals surface area contributed by atoms with Crippen molar-refractivity contribution in [3.8, 4) is 0 Å². The summed E-state index contributed by atoms with van der Waals surface area (Å²) in [4.78, 5) is 12.7. The molecule has 2 heterocycles. The van der Waals surface area contributed by atoms with Crippen molar-refractivity contribution < 1.29 is 4.79 Å². The largest absolute Gasteiger partial charge is 0.347 e. The van der Waals surface area contributed by atoms with Gasteiger partial charge in [0.15, 0.2) is 0 Å². The molecule has 124 valence electrons. The zero-order valence-corrected chi connectivity index (χ0v) is 16.1. The highest BCUT2D eigenvalue weighted by Crippen LogP contribution is 2.32. The fraction of sp³-hybridized carbons (Fsp3) is 0.211. The van der Waals surface area contributed by atoms with Gasteiger partial charge in [0.25, 0.3) is 5.91 Å². The quantitative estimate of drug-likeness (QED) is 0.578. The zero-order chi connectivity index (χ0) is 17.3. The Labute approximate surface area is 154 Å². The number of aryl methyl sites for hydroxylation is 1. The third kappa shape index (κ3) is 3.62. The van der Waals surface area contributed by atoms with Crippen LogP contribution in [0.3, 0.4) is 0 Å². The smallest absolute Gasteiger partial charge is 0.268 e. The summed E-state index contributed by atoms with van der Waals surface area (Å²) in [5.74, 6) is -0.0581. The minimum absolute atomic E-state index is 0.0581. The Bertz CT molecular complexity index is 923. The van der Waals surface area contributed by atoms with E-state index < -0.39 is 0 Å². The van der Waals surface area contributed by atoms with Crippen molar-refractivity contribution in [2.45, 2.75) is 26.9 Å². The molecule has 0 aliphatic rings. The molecule has 0 saturated heterocycles. The van der Waals surface area contributed by atoms with Gasteiger partial charge >= 0.3 is 0 Å². The van der Waals surface area contributed by atoms with Gasteiger partial charge in [0.2, 0.25) is 0 Å². The topological polar surface area (TPSA) is 34.0 Å². The van der Waals surface area contributed by atoms with Gasteiger partial charge in [0, 0.05) is 13.1 Å². The van der Waals surface area contributed by atoms with E-state index in [-0.39, 0.29) is 5.91 Å². The number of hydrogen-bond donors (Lipinski definition) is 1. The molecule has 0 saturated carbocycles. The van der Waals surface area contributed by atoms with Crippen LogP contribution in [0.4, 0.5) is 0 Å². The van der Waals surface area contributed by atoms with Gasteiger partial charge in [-0.1, -0.05) is 42.0 Å². The molecule has 0 fully saturated rings. The van der Waals surface area contributed by atoms with Crippen LogP contribution in [0, 0.1) is 6.92 Å². The number of carbonyl (C=O) groups excluding carboxylic acids is 1. The lowest BCUT2D eigenvalue weighted by Crippen LogP contribution is -2.25. The van der Waals surface area contributed by atoms with Crippen molar-refractivity contribution in [2.75, 3.05) is 0 Å². The van der Waals surface area contributed by atoms with E-state index in [0.29, 0.717) is 18.8 Å². The number of nitrogens with zero attached hydrogens (tertiary/aromatic N) is 1. The van der Waals surface area contributed by atoms with Crippen molar-refractivity contribution in [2.24, 2.45) is 0 Å². The molecule has 24 heavy (non-hydrogen) atoms. The van der Waals surface area contributed by atoms with Crippen LogP contribution in [0.1, 0.15) is 28.5 Å². The molecule has 0 atom stereocenters. The van der Waals surface area contributed by atoms with Crippen LogP contribution in [-0.4, -0.2) is 10.5 Å². The summed E-state index contributed by atoms with van der Waals surface area (Å²) in [5, 5.41) is 3.02. The summed E-state index contributed by atoms with van der Waals surface area (Å²) < 4.78 is 4.20. The highest BCUT2D eigenvalue weighted by molar-refractivity contribution is 9.11. The van der Waals surface area contributed by atoms with Crippen LogP contribution in [-0.2, 0) is 13.1 Å². The maximum Gasteiger partial charge on any atom is 0.268 e. The maximum absolute atomic E-state index is 12.7. The number of allylic oxidation sites excluding steroid dienone is 1. The summed E-state index contributed by atoms with van der Waals surface area (Å²) in [6.07, 6.45) is 0. The molecule has 1 N–H and O–H groups in total. The molecule has 3 rings (SSSR count). The molecule has 0 bridgehead atoms. The molecule has 0 unspecified atom stereocenters. The van der Waals surface area contributed by atoms with Crippen molar-refractivity contribution >= 4 is 43.4 Å². The first kappa shape index (κ1) is 17.0. The third-order valence-corrected chi connectivity index (χ3v) is 5.33. The Hall–Kier alpha value is -1.85. The first-order valence-electron chi connectivity index (χ1n) is 7.71. The number of rotatable bonds is 5. The Morgan fingerprint density at radius 1 is 1.33 bits per heavy atom. The van der Waals surface area contributed by atoms with E-state index >= 15 is 0 Å². The normalized spacial score (nSPS) is 11.0. The monoisotopic (exact) mass is 402 g/mol. The molecular weight excluding hydrogens is 384 g/mol.